The van der Waals surface area contributed by atoms with Gasteiger partial charge in [0, 0.05) is 44.0 Å². The second kappa shape index (κ2) is 12.6. The van der Waals surface area contributed by atoms with Crippen molar-refractivity contribution in [3.63, 3.8) is 0 Å². The molecule has 0 spiro atoms. The number of esters is 1. The van der Waals surface area contributed by atoms with E-state index in [0.29, 0.717) is 43.9 Å². The van der Waals surface area contributed by atoms with Gasteiger partial charge in [-0.05, 0) is 54.8 Å². The highest BCUT2D eigenvalue weighted by molar-refractivity contribution is 6.00. The minimum absolute atomic E-state index is 0.0112. The summed E-state index contributed by atoms with van der Waals surface area (Å²) in [5, 5.41) is 5.80. The number of piperazine rings is 1. The molecule has 4 rings (SSSR count). The first-order valence-electron chi connectivity index (χ1n) is 12.5. The predicted octanol–water partition coefficient (Wildman–Crippen LogP) is 4.79. The molecule has 1 saturated heterocycles. The largest absolute Gasteiger partial charge is 0.465 e. The fourth-order valence-electron chi connectivity index (χ4n) is 4.32. The number of nitrogens with zero attached hydrogens (tertiary/aromatic N) is 2. The summed E-state index contributed by atoms with van der Waals surface area (Å²) in [4.78, 5) is 41.0. The molecule has 0 bridgehead atoms. The lowest BCUT2D eigenvalue weighted by Crippen LogP contribution is -2.50. The molecule has 1 fully saturated rings. The Bertz CT molecular complexity index is 1210. The first-order valence-corrected chi connectivity index (χ1v) is 12.5. The van der Waals surface area contributed by atoms with E-state index in [9.17, 15) is 14.4 Å². The summed E-state index contributed by atoms with van der Waals surface area (Å²) >= 11 is 0. The van der Waals surface area contributed by atoms with Crippen LogP contribution in [0.25, 0.3) is 0 Å². The van der Waals surface area contributed by atoms with Crippen molar-refractivity contribution < 1.29 is 19.1 Å². The summed E-state index contributed by atoms with van der Waals surface area (Å²) in [5.74, 6) is -0.482. The maximum atomic E-state index is 12.8. The van der Waals surface area contributed by atoms with Gasteiger partial charge in [0.15, 0.2) is 0 Å². The molecular formula is C29H32N4O4. The average molecular weight is 501 g/mol. The third-order valence-corrected chi connectivity index (χ3v) is 6.37. The lowest BCUT2D eigenvalue weighted by atomic mass is 10.1. The van der Waals surface area contributed by atoms with Crippen molar-refractivity contribution in [3.05, 3.63) is 90.0 Å². The van der Waals surface area contributed by atoms with Gasteiger partial charge >= 0.3 is 12.0 Å². The van der Waals surface area contributed by atoms with E-state index in [0.717, 1.165) is 24.2 Å². The number of hydrogen-bond donors (Lipinski definition) is 2. The van der Waals surface area contributed by atoms with Crippen molar-refractivity contribution in [2.75, 3.05) is 48.8 Å². The summed E-state index contributed by atoms with van der Waals surface area (Å²) in [6.45, 7) is 2.45. The Labute approximate surface area is 217 Å². The zero-order valence-electron chi connectivity index (χ0n) is 21.0. The van der Waals surface area contributed by atoms with Gasteiger partial charge < -0.3 is 25.2 Å². The van der Waals surface area contributed by atoms with Crippen molar-refractivity contribution in [1.29, 1.82) is 0 Å². The standard InChI is InChI=1S/C29H32N4O4/c1-37-28(35)25-11-5-6-12-26(25)31-29(36)33-20-18-32(19-21-33)24-16-14-23(15-17-24)30-27(34)13-7-10-22-8-3-2-4-9-22/h2-6,8-9,11-12,14-17H,7,10,13,18-21H2,1H3,(H,30,34)(H,31,36). The van der Waals surface area contributed by atoms with Gasteiger partial charge in [0.2, 0.25) is 5.91 Å². The Hall–Kier alpha value is -4.33. The van der Waals surface area contributed by atoms with Crippen LogP contribution in [-0.2, 0) is 16.0 Å². The highest BCUT2D eigenvalue weighted by atomic mass is 16.5. The number of nitrogens with one attached hydrogen (secondary N) is 2. The number of carbonyl (C=O) groups is 3. The van der Waals surface area contributed by atoms with Crippen LogP contribution in [0.1, 0.15) is 28.8 Å². The molecule has 1 heterocycles. The highest BCUT2D eigenvalue weighted by Gasteiger charge is 2.23. The molecule has 0 radical (unpaired) electrons. The summed E-state index contributed by atoms with van der Waals surface area (Å²) in [6.07, 6.45) is 2.17. The van der Waals surface area contributed by atoms with E-state index in [1.807, 2.05) is 42.5 Å². The number of benzene rings is 3. The van der Waals surface area contributed by atoms with Gasteiger partial charge in [0.25, 0.3) is 0 Å². The second-order valence-corrected chi connectivity index (χ2v) is 8.88. The van der Waals surface area contributed by atoms with Crippen LogP contribution in [0.4, 0.5) is 21.9 Å². The molecule has 8 nitrogen and oxygen atoms in total. The van der Waals surface area contributed by atoms with E-state index in [-0.39, 0.29) is 11.9 Å². The molecule has 3 aromatic rings. The van der Waals surface area contributed by atoms with E-state index in [4.69, 9.17) is 4.74 Å². The molecule has 0 aromatic heterocycles. The second-order valence-electron chi connectivity index (χ2n) is 8.88. The molecule has 1 aliphatic heterocycles. The molecule has 0 unspecified atom stereocenters. The lowest BCUT2D eigenvalue weighted by molar-refractivity contribution is -0.116. The number of urea groups is 1. The van der Waals surface area contributed by atoms with Crippen LogP contribution < -0.4 is 15.5 Å². The van der Waals surface area contributed by atoms with Crippen molar-refractivity contribution in [3.8, 4) is 0 Å². The normalized spacial score (nSPS) is 13.1. The van der Waals surface area contributed by atoms with Crippen LogP contribution >= 0.6 is 0 Å². The zero-order valence-corrected chi connectivity index (χ0v) is 21.0. The van der Waals surface area contributed by atoms with Crippen LogP contribution in [0.2, 0.25) is 0 Å². The topological polar surface area (TPSA) is 91.0 Å². The number of amides is 3. The van der Waals surface area contributed by atoms with E-state index in [1.165, 1.54) is 12.7 Å². The molecule has 2 N–H and O–H groups in total. The van der Waals surface area contributed by atoms with Crippen LogP contribution in [-0.4, -0.2) is 56.1 Å². The van der Waals surface area contributed by atoms with Crippen LogP contribution in [0.5, 0.6) is 0 Å². The summed E-state index contributed by atoms with van der Waals surface area (Å²) in [6, 6.07) is 24.5. The minimum atomic E-state index is -0.493. The van der Waals surface area contributed by atoms with Gasteiger partial charge in [0.1, 0.15) is 0 Å². The number of anilines is 3. The molecule has 37 heavy (non-hydrogen) atoms. The monoisotopic (exact) mass is 500 g/mol. The van der Waals surface area contributed by atoms with E-state index >= 15 is 0 Å². The number of methoxy groups -OCH3 is 1. The molecule has 1 aliphatic rings. The average Bonchev–Trinajstić information content (AvgIpc) is 2.94. The number of para-hydroxylation sites is 1. The first-order chi connectivity index (χ1) is 18.0. The van der Waals surface area contributed by atoms with Crippen molar-refractivity contribution >= 4 is 35.0 Å². The third kappa shape index (κ3) is 7.10. The Balaban J connectivity index is 1.23. The quantitative estimate of drug-likeness (QED) is 0.434. The van der Waals surface area contributed by atoms with Gasteiger partial charge in [-0.1, -0.05) is 42.5 Å². The highest BCUT2D eigenvalue weighted by Crippen LogP contribution is 2.21. The van der Waals surface area contributed by atoms with Gasteiger partial charge in [-0.2, -0.15) is 0 Å². The number of hydrogen-bond acceptors (Lipinski definition) is 5. The van der Waals surface area contributed by atoms with Gasteiger partial charge in [-0.15, -0.1) is 0 Å². The maximum Gasteiger partial charge on any atom is 0.339 e. The molecule has 3 aromatic carbocycles. The van der Waals surface area contributed by atoms with Crippen LogP contribution in [0.15, 0.2) is 78.9 Å². The van der Waals surface area contributed by atoms with Gasteiger partial charge in [-0.25, -0.2) is 9.59 Å². The summed E-state index contributed by atoms with van der Waals surface area (Å²) in [7, 11) is 1.31. The predicted molar refractivity (Wildman–Crippen MR) is 145 cm³/mol. The Morgan fingerprint density at radius 1 is 0.811 bits per heavy atom. The van der Waals surface area contributed by atoms with Crippen LogP contribution in [0.3, 0.4) is 0 Å². The smallest absolute Gasteiger partial charge is 0.339 e. The Morgan fingerprint density at radius 3 is 2.19 bits per heavy atom. The number of carbonyl (C=O) groups excluding carboxylic acids is 3. The SMILES string of the molecule is COC(=O)c1ccccc1NC(=O)N1CCN(c2ccc(NC(=O)CCCc3ccccc3)cc2)CC1. The number of rotatable bonds is 8. The molecule has 0 aliphatic carbocycles. The van der Waals surface area contributed by atoms with Crippen molar-refractivity contribution in [2.45, 2.75) is 19.3 Å². The first kappa shape index (κ1) is 25.8. The molecule has 0 saturated carbocycles. The van der Waals surface area contributed by atoms with Crippen molar-refractivity contribution in [2.24, 2.45) is 0 Å². The minimum Gasteiger partial charge on any atom is -0.465 e. The van der Waals surface area contributed by atoms with Gasteiger partial charge in [-0.3, -0.25) is 4.79 Å². The molecule has 0 atom stereocenters. The molecule has 3 amide bonds. The number of ether oxygens (including phenoxy) is 1. The van der Waals surface area contributed by atoms with Crippen molar-refractivity contribution in [1.82, 2.24) is 4.90 Å². The molecule has 192 valence electrons. The Morgan fingerprint density at radius 2 is 1.49 bits per heavy atom. The van der Waals surface area contributed by atoms with Crippen LogP contribution in [0, 0.1) is 0 Å². The fraction of sp³-hybridized carbons (Fsp3) is 0.276. The summed E-state index contributed by atoms with van der Waals surface area (Å²) < 4.78 is 4.80. The van der Waals surface area contributed by atoms with E-state index in [1.54, 1.807) is 29.2 Å². The number of aryl methyl sites for hydroxylation is 1. The molecule has 8 heteroatoms. The fourth-order valence-corrected chi connectivity index (χ4v) is 4.32. The Kier molecular flexibility index (Phi) is 8.75. The summed E-state index contributed by atoms with van der Waals surface area (Å²) in [5.41, 5.74) is 3.80. The lowest BCUT2D eigenvalue weighted by Gasteiger charge is -2.36. The van der Waals surface area contributed by atoms with E-state index < -0.39 is 5.97 Å². The maximum absolute atomic E-state index is 12.8. The zero-order chi connectivity index (χ0) is 26.0. The molecular weight excluding hydrogens is 468 g/mol. The van der Waals surface area contributed by atoms with E-state index in [2.05, 4.69) is 27.7 Å². The third-order valence-electron chi connectivity index (χ3n) is 6.37. The van der Waals surface area contributed by atoms with Gasteiger partial charge in [0.05, 0.1) is 18.4 Å².